The fourth-order valence-corrected chi connectivity index (χ4v) is 1.19. The van der Waals surface area contributed by atoms with Gasteiger partial charge in [0.1, 0.15) is 0 Å². The molecule has 0 aromatic heterocycles. The molecule has 1 aromatic rings. The Labute approximate surface area is 79.8 Å². The molecule has 0 fully saturated rings. The summed E-state index contributed by atoms with van der Waals surface area (Å²) in [5.41, 5.74) is 9.13. The van der Waals surface area contributed by atoms with Crippen LogP contribution in [0.4, 0.5) is 0 Å². The number of hydrogen-bond donors (Lipinski definition) is 0. The van der Waals surface area contributed by atoms with E-state index < -0.39 is 5.91 Å². The van der Waals surface area contributed by atoms with Crippen LogP contribution in [0.25, 0.3) is 10.4 Å². The zero-order chi connectivity index (χ0) is 9.84. The maximum Gasteiger partial charge on any atom is 0.249 e. The Bertz CT molecular complexity index is 396. The summed E-state index contributed by atoms with van der Waals surface area (Å²) in [7, 11) is 0. The Morgan fingerprint density at radius 3 is 2.85 bits per heavy atom. The second kappa shape index (κ2) is 3.94. The van der Waals surface area contributed by atoms with Crippen molar-refractivity contribution in [1.82, 2.24) is 0 Å². The molecule has 0 unspecified atom stereocenters. The Hall–Kier alpha value is -1.51. The lowest BCUT2D eigenvalue weighted by Gasteiger charge is -2.00. The lowest BCUT2D eigenvalue weighted by atomic mass is 10.1. The van der Waals surface area contributed by atoms with E-state index in [9.17, 15) is 4.79 Å². The van der Waals surface area contributed by atoms with Gasteiger partial charge in [0.05, 0.1) is 0 Å². The van der Waals surface area contributed by atoms with Crippen molar-refractivity contribution in [3.63, 3.8) is 0 Å². The van der Waals surface area contributed by atoms with Gasteiger partial charge in [-0.1, -0.05) is 11.6 Å². The van der Waals surface area contributed by atoms with E-state index in [2.05, 4.69) is 10.0 Å². The lowest BCUT2D eigenvalue weighted by Crippen LogP contribution is -1.96. The monoisotopic (exact) mass is 195 g/mol. The van der Waals surface area contributed by atoms with E-state index >= 15 is 0 Å². The molecule has 1 rings (SSSR count). The molecule has 0 atom stereocenters. The molecule has 0 bridgehead atoms. The van der Waals surface area contributed by atoms with Crippen molar-refractivity contribution in [3.05, 3.63) is 44.8 Å². The van der Waals surface area contributed by atoms with Crippen molar-refractivity contribution in [2.45, 2.75) is 6.92 Å². The molecule has 0 aliphatic heterocycles. The molecule has 0 saturated heterocycles. The van der Waals surface area contributed by atoms with Crippen LogP contribution in [0.5, 0.6) is 0 Å². The van der Waals surface area contributed by atoms with Crippen LogP contribution in [0.2, 0.25) is 5.02 Å². The zero-order valence-corrected chi connectivity index (χ0v) is 7.62. The molecule has 0 saturated carbocycles. The Morgan fingerprint density at radius 1 is 1.62 bits per heavy atom. The molecule has 1 amide bonds. The second-order valence-corrected chi connectivity index (χ2v) is 2.89. The number of benzene rings is 1. The summed E-state index contributed by atoms with van der Waals surface area (Å²) in [5.74, 6) is -0.586. The minimum atomic E-state index is -0.586. The molecular weight excluding hydrogens is 190 g/mol. The van der Waals surface area contributed by atoms with Gasteiger partial charge < -0.3 is 0 Å². The molecule has 1 aromatic carbocycles. The highest BCUT2D eigenvalue weighted by molar-refractivity contribution is 6.30. The van der Waals surface area contributed by atoms with Crippen molar-refractivity contribution in [2.75, 3.05) is 0 Å². The van der Waals surface area contributed by atoms with Crippen LogP contribution >= 0.6 is 11.6 Å². The summed E-state index contributed by atoms with van der Waals surface area (Å²) in [6, 6.07) is 4.76. The smallest absolute Gasteiger partial charge is 0.249 e. The van der Waals surface area contributed by atoms with Gasteiger partial charge >= 0.3 is 0 Å². The van der Waals surface area contributed by atoms with Crippen LogP contribution in [0.1, 0.15) is 15.9 Å². The van der Waals surface area contributed by atoms with Gasteiger partial charge in [0.2, 0.25) is 5.91 Å². The number of amides is 1. The van der Waals surface area contributed by atoms with Gasteiger partial charge in [0, 0.05) is 15.5 Å². The van der Waals surface area contributed by atoms with Gasteiger partial charge in [-0.3, -0.25) is 4.79 Å². The van der Waals surface area contributed by atoms with Gasteiger partial charge in [-0.25, -0.2) is 0 Å². The topological polar surface area (TPSA) is 65.8 Å². The average Bonchev–Trinajstić information content (AvgIpc) is 2.04. The van der Waals surface area contributed by atoms with E-state index in [-0.39, 0.29) is 0 Å². The first-order valence-electron chi connectivity index (χ1n) is 3.50. The maximum atomic E-state index is 11.1. The van der Waals surface area contributed by atoms with Crippen LogP contribution < -0.4 is 0 Å². The first kappa shape index (κ1) is 9.58. The first-order chi connectivity index (χ1) is 6.15. The van der Waals surface area contributed by atoms with E-state index in [4.69, 9.17) is 17.1 Å². The standard InChI is InChI=1S/C8H6ClN3O/c1-5-4-6(9)2-3-7(5)8(13)11-12-10/h2-4H,1H3. The maximum absolute atomic E-state index is 11.1. The van der Waals surface area contributed by atoms with Crippen molar-refractivity contribution in [2.24, 2.45) is 5.11 Å². The Balaban J connectivity index is 3.16. The highest BCUT2D eigenvalue weighted by atomic mass is 35.5. The molecule has 0 radical (unpaired) electrons. The zero-order valence-electron chi connectivity index (χ0n) is 6.86. The van der Waals surface area contributed by atoms with Crippen LogP contribution in [0.15, 0.2) is 23.3 Å². The van der Waals surface area contributed by atoms with Crippen molar-refractivity contribution in [3.8, 4) is 0 Å². The number of hydrogen-bond acceptors (Lipinski definition) is 1. The van der Waals surface area contributed by atoms with E-state index in [0.29, 0.717) is 16.1 Å². The van der Waals surface area contributed by atoms with E-state index in [1.165, 1.54) is 6.07 Å². The Morgan fingerprint density at radius 2 is 2.31 bits per heavy atom. The molecular formula is C8H6ClN3O. The SMILES string of the molecule is Cc1cc(Cl)ccc1C(=O)N=[N+]=[N-]. The normalized spacial score (nSPS) is 9.08. The third-order valence-corrected chi connectivity index (χ3v) is 1.79. The highest BCUT2D eigenvalue weighted by Crippen LogP contribution is 2.15. The second-order valence-electron chi connectivity index (χ2n) is 2.45. The summed E-state index contributed by atoms with van der Waals surface area (Å²) in [6.45, 7) is 1.73. The van der Waals surface area contributed by atoms with Gasteiger partial charge in [0.25, 0.3) is 0 Å². The van der Waals surface area contributed by atoms with Crippen molar-refractivity contribution in [1.29, 1.82) is 0 Å². The first-order valence-corrected chi connectivity index (χ1v) is 3.88. The van der Waals surface area contributed by atoms with Crippen LogP contribution in [-0.4, -0.2) is 5.91 Å². The third-order valence-electron chi connectivity index (χ3n) is 1.55. The summed E-state index contributed by atoms with van der Waals surface area (Å²) < 4.78 is 0. The average molecular weight is 196 g/mol. The predicted molar refractivity (Wildman–Crippen MR) is 49.7 cm³/mol. The van der Waals surface area contributed by atoms with E-state index in [1.54, 1.807) is 19.1 Å². The largest absolute Gasteiger partial charge is 0.287 e. The van der Waals surface area contributed by atoms with Crippen LogP contribution in [0.3, 0.4) is 0 Å². The fourth-order valence-electron chi connectivity index (χ4n) is 0.962. The fraction of sp³-hybridized carbons (Fsp3) is 0.125. The number of rotatable bonds is 1. The minimum Gasteiger partial charge on any atom is -0.287 e. The van der Waals surface area contributed by atoms with Gasteiger partial charge in [-0.2, -0.15) is 0 Å². The molecule has 5 heteroatoms. The highest BCUT2D eigenvalue weighted by Gasteiger charge is 2.06. The number of halogens is 1. The number of carbonyl (C=O) groups excluding carboxylic acids is 1. The number of carbonyl (C=O) groups is 1. The number of azide groups is 1. The van der Waals surface area contributed by atoms with Gasteiger partial charge in [-0.05, 0) is 41.3 Å². The quantitative estimate of drug-likeness (QED) is 0.386. The summed E-state index contributed by atoms with van der Waals surface area (Å²) in [6.07, 6.45) is 0. The molecule has 4 nitrogen and oxygen atoms in total. The predicted octanol–water partition coefficient (Wildman–Crippen LogP) is 3.10. The lowest BCUT2D eigenvalue weighted by molar-refractivity contribution is 0.1000. The molecule has 0 heterocycles. The van der Waals surface area contributed by atoms with Crippen LogP contribution in [-0.2, 0) is 0 Å². The molecule has 0 aliphatic carbocycles. The van der Waals surface area contributed by atoms with Crippen LogP contribution in [0, 0.1) is 6.92 Å². The summed E-state index contributed by atoms with van der Waals surface area (Å²) >= 11 is 5.68. The van der Waals surface area contributed by atoms with E-state index in [1.807, 2.05) is 0 Å². The van der Waals surface area contributed by atoms with Crippen molar-refractivity contribution < 1.29 is 4.79 Å². The van der Waals surface area contributed by atoms with Crippen molar-refractivity contribution >= 4 is 17.5 Å². The molecule has 0 N–H and O–H groups in total. The van der Waals surface area contributed by atoms with Gasteiger partial charge in [-0.15, -0.1) is 0 Å². The molecule has 13 heavy (non-hydrogen) atoms. The number of aryl methyl sites for hydroxylation is 1. The molecule has 66 valence electrons. The summed E-state index contributed by atoms with van der Waals surface area (Å²) in [5, 5.41) is 3.53. The third kappa shape index (κ3) is 2.21. The summed E-state index contributed by atoms with van der Waals surface area (Å²) in [4.78, 5) is 13.5. The Kier molecular flexibility index (Phi) is 2.90. The van der Waals surface area contributed by atoms with Gasteiger partial charge in [0.15, 0.2) is 0 Å². The molecule has 0 aliphatic rings. The molecule has 0 spiro atoms. The minimum absolute atomic E-state index is 0.377. The number of nitrogens with zero attached hydrogens (tertiary/aromatic N) is 3. The van der Waals surface area contributed by atoms with E-state index in [0.717, 1.165) is 0 Å².